The lowest BCUT2D eigenvalue weighted by molar-refractivity contribution is -0.137. The van der Waals surface area contributed by atoms with Crippen LogP contribution in [0.5, 0.6) is 0 Å². The molecule has 28 heavy (non-hydrogen) atoms. The van der Waals surface area contributed by atoms with Gasteiger partial charge in [0.2, 0.25) is 0 Å². The van der Waals surface area contributed by atoms with Crippen molar-refractivity contribution in [1.29, 1.82) is 0 Å². The minimum Gasteiger partial charge on any atom is -0.376 e. The summed E-state index contributed by atoms with van der Waals surface area (Å²) in [4.78, 5) is 10.0. The average Bonchev–Trinajstić information content (AvgIpc) is 3.29. The van der Waals surface area contributed by atoms with E-state index in [2.05, 4.69) is 20.6 Å². The summed E-state index contributed by atoms with van der Waals surface area (Å²) in [7, 11) is 1.70. The Morgan fingerprint density at radius 2 is 2.21 bits per heavy atom. The number of hydrogen-bond acceptors (Lipinski definition) is 4. The molecule has 2 saturated heterocycles. The molecule has 0 amide bonds. The summed E-state index contributed by atoms with van der Waals surface area (Å²) in [5.41, 5.74) is -0.844. The Labute approximate surface area is 184 Å². The number of rotatable bonds is 4. The molecule has 2 aliphatic heterocycles. The third-order valence-corrected chi connectivity index (χ3v) is 5.00. The molecule has 0 saturated carbocycles. The molecule has 2 atom stereocenters. The Balaban J connectivity index is 0.00000280. The van der Waals surface area contributed by atoms with E-state index >= 15 is 0 Å². The predicted octanol–water partition coefficient (Wildman–Crippen LogP) is 3.29. The van der Waals surface area contributed by atoms with Gasteiger partial charge in [0, 0.05) is 45.5 Å². The molecular weight excluding hydrogens is 510 g/mol. The van der Waals surface area contributed by atoms with Crippen LogP contribution in [0.15, 0.2) is 17.3 Å². The summed E-state index contributed by atoms with van der Waals surface area (Å²) < 4.78 is 43.8. The molecule has 2 N–H and O–H groups in total. The lowest BCUT2D eigenvalue weighted by Crippen LogP contribution is -2.46. The first kappa shape index (κ1) is 23.3. The normalized spacial score (nSPS) is 22.9. The second-order valence-electron chi connectivity index (χ2n) is 6.69. The van der Waals surface area contributed by atoms with Gasteiger partial charge in [-0.05, 0) is 25.3 Å². The number of ether oxygens (including phenoxy) is 1. The average molecular weight is 534 g/mol. The van der Waals surface area contributed by atoms with Gasteiger partial charge in [0.25, 0.3) is 0 Å². The molecule has 11 heteroatoms. The first-order valence-electron chi connectivity index (χ1n) is 8.93. The molecule has 6 nitrogen and oxygen atoms in total. The third kappa shape index (κ3) is 5.99. The number of hydrogen-bond donors (Lipinski definition) is 2. The molecule has 0 bridgehead atoms. The number of aromatic nitrogens is 1. The van der Waals surface area contributed by atoms with Gasteiger partial charge in [-0.25, -0.2) is 4.98 Å². The predicted molar refractivity (Wildman–Crippen MR) is 114 cm³/mol. The van der Waals surface area contributed by atoms with Gasteiger partial charge in [-0.15, -0.1) is 24.0 Å². The maximum Gasteiger partial charge on any atom is 0.417 e. The first-order chi connectivity index (χ1) is 12.9. The highest BCUT2D eigenvalue weighted by molar-refractivity contribution is 14.0. The van der Waals surface area contributed by atoms with E-state index in [1.165, 1.54) is 0 Å². The molecule has 158 valence electrons. The highest BCUT2D eigenvalue weighted by Gasteiger charge is 2.33. The fourth-order valence-corrected chi connectivity index (χ4v) is 3.58. The molecule has 2 aliphatic rings. The molecular formula is C17H24ClF3IN5O. The van der Waals surface area contributed by atoms with Crippen LogP contribution in [0.3, 0.4) is 0 Å². The van der Waals surface area contributed by atoms with Crippen molar-refractivity contribution in [3.8, 4) is 0 Å². The van der Waals surface area contributed by atoms with Crippen LogP contribution in [0, 0.1) is 0 Å². The molecule has 3 rings (SSSR count). The van der Waals surface area contributed by atoms with E-state index in [1.807, 2.05) is 4.90 Å². The number of aliphatic imine (C=N–C) groups is 1. The molecule has 0 aliphatic carbocycles. The van der Waals surface area contributed by atoms with Crippen molar-refractivity contribution >= 4 is 47.4 Å². The summed E-state index contributed by atoms with van der Waals surface area (Å²) in [5, 5.41) is 6.60. The number of nitrogens with zero attached hydrogens (tertiary/aromatic N) is 3. The van der Waals surface area contributed by atoms with Gasteiger partial charge in [0.15, 0.2) is 5.96 Å². The van der Waals surface area contributed by atoms with Crippen LogP contribution in [0.25, 0.3) is 0 Å². The molecule has 0 radical (unpaired) electrons. The Hall–Kier alpha value is -1.01. The minimum atomic E-state index is -4.45. The van der Waals surface area contributed by atoms with E-state index in [0.717, 1.165) is 38.1 Å². The summed E-state index contributed by atoms with van der Waals surface area (Å²) in [6, 6.07) is 1.02. The molecule has 2 fully saturated rings. The second-order valence-corrected chi connectivity index (χ2v) is 7.10. The van der Waals surface area contributed by atoms with E-state index in [1.54, 1.807) is 7.05 Å². The van der Waals surface area contributed by atoms with E-state index in [-0.39, 0.29) is 41.1 Å². The Morgan fingerprint density at radius 3 is 2.82 bits per heavy atom. The summed E-state index contributed by atoms with van der Waals surface area (Å²) >= 11 is 6.04. The third-order valence-electron chi connectivity index (χ3n) is 4.72. The second kappa shape index (κ2) is 10.1. The Kier molecular flexibility index (Phi) is 8.44. The minimum absolute atomic E-state index is 0. The van der Waals surface area contributed by atoms with Gasteiger partial charge in [-0.3, -0.25) is 4.99 Å². The number of anilines is 1. The fourth-order valence-electron chi connectivity index (χ4n) is 3.29. The lowest BCUT2D eigenvalue weighted by atomic mass is 10.2. The maximum atomic E-state index is 12.8. The zero-order valence-corrected chi connectivity index (χ0v) is 18.5. The summed E-state index contributed by atoms with van der Waals surface area (Å²) in [6.45, 7) is 2.73. The van der Waals surface area contributed by atoms with E-state index < -0.39 is 11.7 Å². The van der Waals surface area contributed by atoms with Crippen molar-refractivity contribution in [3.63, 3.8) is 0 Å². The van der Waals surface area contributed by atoms with Crippen molar-refractivity contribution in [2.45, 2.75) is 37.6 Å². The van der Waals surface area contributed by atoms with Gasteiger partial charge in [-0.1, -0.05) is 11.6 Å². The zero-order chi connectivity index (χ0) is 19.4. The maximum absolute atomic E-state index is 12.8. The SMILES string of the molecule is CN=C(NCC1CCCO1)NC1CCN(c2ncc(C(F)(F)F)cc2Cl)C1.I. The van der Waals surface area contributed by atoms with E-state index in [4.69, 9.17) is 16.3 Å². The summed E-state index contributed by atoms with van der Waals surface area (Å²) in [5.74, 6) is 1.06. The molecule has 1 aromatic rings. The summed E-state index contributed by atoms with van der Waals surface area (Å²) in [6.07, 6.45) is -0.496. The van der Waals surface area contributed by atoms with E-state index in [9.17, 15) is 13.2 Å². The fraction of sp³-hybridized carbons (Fsp3) is 0.647. The van der Waals surface area contributed by atoms with Gasteiger partial charge >= 0.3 is 6.18 Å². The highest BCUT2D eigenvalue weighted by Crippen LogP contribution is 2.34. The quantitative estimate of drug-likeness (QED) is 0.353. The smallest absolute Gasteiger partial charge is 0.376 e. The van der Waals surface area contributed by atoms with Crippen LogP contribution in [0.2, 0.25) is 5.02 Å². The van der Waals surface area contributed by atoms with Gasteiger partial charge < -0.3 is 20.3 Å². The van der Waals surface area contributed by atoms with Crippen LogP contribution in [-0.2, 0) is 10.9 Å². The van der Waals surface area contributed by atoms with Gasteiger partial charge in [0.05, 0.1) is 16.7 Å². The number of nitrogens with one attached hydrogen (secondary N) is 2. The highest BCUT2D eigenvalue weighted by atomic mass is 127. The van der Waals surface area contributed by atoms with Crippen LogP contribution in [0.1, 0.15) is 24.8 Å². The van der Waals surface area contributed by atoms with Crippen LogP contribution >= 0.6 is 35.6 Å². The topological polar surface area (TPSA) is 61.8 Å². The Bertz CT molecular complexity index is 685. The lowest BCUT2D eigenvalue weighted by Gasteiger charge is -2.21. The van der Waals surface area contributed by atoms with Gasteiger partial charge in [0.1, 0.15) is 5.82 Å². The van der Waals surface area contributed by atoms with E-state index in [0.29, 0.717) is 31.4 Å². The van der Waals surface area contributed by atoms with Crippen molar-refractivity contribution in [1.82, 2.24) is 15.6 Å². The van der Waals surface area contributed by atoms with Gasteiger partial charge in [-0.2, -0.15) is 13.2 Å². The number of pyridine rings is 1. The number of guanidine groups is 1. The standard InChI is InChI=1S/C17H23ClF3N5O.HI/c1-22-16(24-9-13-3-2-6-27-13)25-12-4-5-26(10-12)15-14(18)7-11(8-23-15)17(19,20)21;/h7-8,12-13H,2-6,9-10H2,1H3,(H2,22,24,25);1H. The van der Waals surface area contributed by atoms with Crippen molar-refractivity contribution < 1.29 is 17.9 Å². The van der Waals surface area contributed by atoms with Crippen LogP contribution < -0.4 is 15.5 Å². The molecule has 0 spiro atoms. The van der Waals surface area contributed by atoms with Crippen molar-refractivity contribution in [2.24, 2.45) is 4.99 Å². The molecule has 0 aromatic carbocycles. The van der Waals surface area contributed by atoms with Crippen molar-refractivity contribution in [3.05, 3.63) is 22.8 Å². The Morgan fingerprint density at radius 1 is 1.43 bits per heavy atom. The monoisotopic (exact) mass is 533 g/mol. The van der Waals surface area contributed by atoms with Crippen molar-refractivity contribution in [2.75, 3.05) is 38.2 Å². The number of alkyl halides is 3. The van der Waals surface area contributed by atoms with Crippen LogP contribution in [0.4, 0.5) is 19.0 Å². The molecule has 1 aromatic heterocycles. The first-order valence-corrected chi connectivity index (χ1v) is 9.31. The molecule has 2 unspecified atom stereocenters. The number of halogens is 5. The van der Waals surface area contributed by atoms with Crippen LogP contribution in [-0.4, -0.2) is 56.4 Å². The largest absolute Gasteiger partial charge is 0.417 e. The molecule has 3 heterocycles. The zero-order valence-electron chi connectivity index (χ0n) is 15.4.